The number of hydrogen-bond donors (Lipinski definition) is 1. The number of anilines is 2. The van der Waals surface area contributed by atoms with Gasteiger partial charge in [0.25, 0.3) is 0 Å². The van der Waals surface area contributed by atoms with Crippen LogP contribution in [0.25, 0.3) is 22.3 Å². The SMILES string of the molecule is COc1ncc(-c2nc(N3CCOCC3)c3cc(CN4CCC(N5CCCCC5)CC4)ccc3n2)cc1NS(C)(=O)=O. The number of morpholine rings is 1. The Hall–Kier alpha value is -3.06. The van der Waals surface area contributed by atoms with Crippen molar-refractivity contribution in [3.05, 3.63) is 36.0 Å². The smallest absolute Gasteiger partial charge is 0.238 e. The average Bonchev–Trinajstić information content (AvgIpc) is 3.01. The van der Waals surface area contributed by atoms with Crippen LogP contribution in [-0.4, -0.2) is 105 Å². The lowest BCUT2D eigenvalue weighted by atomic mass is 9.99. The number of methoxy groups -OCH3 is 1. The van der Waals surface area contributed by atoms with E-state index >= 15 is 0 Å². The third-order valence-corrected chi connectivity index (χ3v) is 9.11. The van der Waals surface area contributed by atoms with Crippen LogP contribution >= 0.6 is 0 Å². The summed E-state index contributed by atoms with van der Waals surface area (Å²) in [7, 11) is -2.08. The molecule has 0 aliphatic carbocycles. The van der Waals surface area contributed by atoms with Crippen LogP contribution in [0.3, 0.4) is 0 Å². The highest BCUT2D eigenvalue weighted by Gasteiger charge is 2.26. The number of nitrogens with zero attached hydrogens (tertiary/aromatic N) is 6. The van der Waals surface area contributed by atoms with E-state index in [-0.39, 0.29) is 11.6 Å². The van der Waals surface area contributed by atoms with Gasteiger partial charge < -0.3 is 19.3 Å². The number of likely N-dealkylation sites (tertiary alicyclic amines) is 2. The van der Waals surface area contributed by atoms with Crippen LogP contribution in [0.1, 0.15) is 37.7 Å². The molecule has 3 aliphatic heterocycles. The van der Waals surface area contributed by atoms with Gasteiger partial charge in [0.05, 0.1) is 32.1 Å². The molecule has 42 heavy (non-hydrogen) atoms. The van der Waals surface area contributed by atoms with Crippen molar-refractivity contribution in [2.45, 2.75) is 44.7 Å². The minimum absolute atomic E-state index is 0.183. The first kappa shape index (κ1) is 29.0. The van der Waals surface area contributed by atoms with Crippen LogP contribution in [0.4, 0.5) is 11.5 Å². The first-order valence-corrected chi connectivity index (χ1v) is 16.9. The van der Waals surface area contributed by atoms with E-state index in [0.717, 1.165) is 61.7 Å². The number of aromatic nitrogens is 3. The molecule has 3 saturated heterocycles. The zero-order valence-corrected chi connectivity index (χ0v) is 25.4. The summed E-state index contributed by atoms with van der Waals surface area (Å²) in [5, 5.41) is 1.01. The fourth-order valence-corrected chi connectivity index (χ4v) is 6.94. The Morgan fingerprint density at radius 1 is 1.00 bits per heavy atom. The summed E-state index contributed by atoms with van der Waals surface area (Å²) in [6.07, 6.45) is 9.26. The quantitative estimate of drug-likeness (QED) is 0.416. The van der Waals surface area contributed by atoms with Crippen LogP contribution in [-0.2, 0) is 21.3 Å². The second-order valence-corrected chi connectivity index (χ2v) is 13.3. The number of nitrogens with one attached hydrogen (secondary N) is 1. The van der Waals surface area contributed by atoms with Crippen molar-refractivity contribution in [2.75, 3.05) is 75.5 Å². The molecule has 1 N–H and O–H groups in total. The lowest BCUT2D eigenvalue weighted by Crippen LogP contribution is -2.46. The Morgan fingerprint density at radius 2 is 1.76 bits per heavy atom. The molecule has 0 amide bonds. The third-order valence-electron chi connectivity index (χ3n) is 8.52. The van der Waals surface area contributed by atoms with Crippen molar-refractivity contribution in [1.82, 2.24) is 24.8 Å². The van der Waals surface area contributed by atoms with Gasteiger partial charge in [-0.05, 0) is 75.6 Å². The van der Waals surface area contributed by atoms with E-state index in [0.29, 0.717) is 24.6 Å². The number of piperidine rings is 2. The summed E-state index contributed by atoms with van der Waals surface area (Å²) in [5.74, 6) is 1.52. The fraction of sp³-hybridized carbons (Fsp3) is 0.567. The Bertz CT molecular complexity index is 1500. The lowest BCUT2D eigenvalue weighted by Gasteiger charge is -2.40. The monoisotopic (exact) mass is 595 g/mol. The maximum absolute atomic E-state index is 12.0. The van der Waals surface area contributed by atoms with E-state index in [1.807, 2.05) is 0 Å². The van der Waals surface area contributed by atoms with Gasteiger partial charge in [-0.1, -0.05) is 12.5 Å². The van der Waals surface area contributed by atoms with Gasteiger partial charge in [-0.25, -0.2) is 23.4 Å². The van der Waals surface area contributed by atoms with Gasteiger partial charge in [0.1, 0.15) is 11.5 Å². The van der Waals surface area contributed by atoms with Crippen molar-refractivity contribution in [3.8, 4) is 17.3 Å². The molecule has 0 unspecified atom stereocenters. The summed E-state index contributed by atoms with van der Waals surface area (Å²) < 4.78 is 37.3. The van der Waals surface area contributed by atoms with Crippen molar-refractivity contribution in [1.29, 1.82) is 0 Å². The van der Waals surface area contributed by atoms with Gasteiger partial charge >= 0.3 is 0 Å². The molecule has 5 heterocycles. The third kappa shape index (κ3) is 6.77. The summed E-state index contributed by atoms with van der Waals surface area (Å²) in [6, 6.07) is 8.88. The first-order valence-electron chi connectivity index (χ1n) is 15.0. The summed E-state index contributed by atoms with van der Waals surface area (Å²) in [5.41, 5.74) is 2.94. The van der Waals surface area contributed by atoms with Gasteiger partial charge in [-0.2, -0.15) is 0 Å². The molecular weight excluding hydrogens is 554 g/mol. The molecule has 0 atom stereocenters. The molecule has 11 nitrogen and oxygen atoms in total. The van der Waals surface area contributed by atoms with Crippen molar-refractivity contribution >= 4 is 32.4 Å². The molecule has 0 bridgehead atoms. The summed E-state index contributed by atoms with van der Waals surface area (Å²) >= 11 is 0. The number of fused-ring (bicyclic) bond motifs is 1. The number of pyridine rings is 1. The van der Waals surface area contributed by atoms with Gasteiger partial charge in [-0.3, -0.25) is 9.62 Å². The minimum Gasteiger partial charge on any atom is -0.480 e. The second-order valence-electron chi connectivity index (χ2n) is 11.6. The largest absolute Gasteiger partial charge is 0.480 e. The van der Waals surface area contributed by atoms with Crippen molar-refractivity contribution < 1.29 is 17.9 Å². The maximum Gasteiger partial charge on any atom is 0.238 e. The Balaban J connectivity index is 1.28. The second kappa shape index (κ2) is 12.7. The van der Waals surface area contributed by atoms with E-state index in [9.17, 15) is 8.42 Å². The molecular formula is C30H41N7O4S. The lowest BCUT2D eigenvalue weighted by molar-refractivity contribution is 0.0897. The van der Waals surface area contributed by atoms with Gasteiger partial charge in [0.2, 0.25) is 15.9 Å². The van der Waals surface area contributed by atoms with Crippen molar-refractivity contribution in [2.24, 2.45) is 0 Å². The zero-order chi connectivity index (χ0) is 29.1. The van der Waals surface area contributed by atoms with E-state index in [2.05, 4.69) is 42.6 Å². The molecule has 3 aliphatic rings. The Morgan fingerprint density at radius 3 is 2.48 bits per heavy atom. The van der Waals surface area contributed by atoms with Gasteiger partial charge in [-0.15, -0.1) is 0 Å². The average molecular weight is 596 g/mol. The van der Waals surface area contributed by atoms with Crippen LogP contribution in [0.2, 0.25) is 0 Å². The highest BCUT2D eigenvalue weighted by atomic mass is 32.2. The van der Waals surface area contributed by atoms with Crippen LogP contribution in [0.5, 0.6) is 5.88 Å². The highest BCUT2D eigenvalue weighted by Crippen LogP contribution is 2.32. The Kier molecular flexibility index (Phi) is 8.75. The number of benzene rings is 1. The standard InChI is InChI=1S/C30H41N7O4S/c1-40-30-27(34-42(2,38)39)19-23(20-31-30)28-32-26-7-6-22(18-25(26)29(33-28)37-14-16-41-17-15-37)21-35-12-8-24(9-13-35)36-10-4-3-5-11-36/h6-7,18-20,24,34H,3-5,8-17,21H2,1-2H3. The predicted molar refractivity (Wildman–Crippen MR) is 165 cm³/mol. The molecule has 1 aromatic carbocycles. The molecule has 0 radical (unpaired) electrons. The molecule has 226 valence electrons. The normalized spacial score (nSPS) is 19.7. The molecule has 2 aromatic heterocycles. The predicted octanol–water partition coefficient (Wildman–Crippen LogP) is 3.36. The molecule has 0 saturated carbocycles. The van der Waals surface area contributed by atoms with Crippen LogP contribution < -0.4 is 14.4 Å². The molecule has 3 aromatic rings. The number of ether oxygens (including phenoxy) is 2. The maximum atomic E-state index is 12.0. The topological polar surface area (TPSA) is 113 Å². The number of hydrogen-bond acceptors (Lipinski definition) is 10. The fourth-order valence-electron chi connectivity index (χ4n) is 6.40. The van der Waals surface area contributed by atoms with E-state index in [1.54, 1.807) is 12.3 Å². The van der Waals surface area contributed by atoms with E-state index in [1.165, 1.54) is 57.9 Å². The Labute approximate surface area is 248 Å². The van der Waals surface area contributed by atoms with Gasteiger partial charge in [0, 0.05) is 42.8 Å². The molecule has 0 spiro atoms. The summed E-state index contributed by atoms with van der Waals surface area (Å²) in [4.78, 5) is 21.8. The molecule has 6 rings (SSSR count). The van der Waals surface area contributed by atoms with Crippen LogP contribution in [0.15, 0.2) is 30.5 Å². The van der Waals surface area contributed by atoms with Crippen molar-refractivity contribution in [3.63, 3.8) is 0 Å². The molecule has 3 fully saturated rings. The summed E-state index contributed by atoms with van der Waals surface area (Å²) in [6.45, 7) is 8.45. The van der Waals surface area contributed by atoms with Crippen LogP contribution in [0, 0.1) is 0 Å². The molecule has 12 heteroatoms. The van der Waals surface area contributed by atoms with Gasteiger partial charge in [0.15, 0.2) is 5.82 Å². The number of rotatable bonds is 8. The first-order chi connectivity index (χ1) is 20.4. The minimum atomic E-state index is -3.53. The zero-order valence-electron chi connectivity index (χ0n) is 24.6. The van der Waals surface area contributed by atoms with E-state index in [4.69, 9.17) is 19.4 Å². The highest BCUT2D eigenvalue weighted by molar-refractivity contribution is 7.92. The number of sulfonamides is 1. The van der Waals surface area contributed by atoms with E-state index < -0.39 is 10.0 Å².